The lowest BCUT2D eigenvalue weighted by molar-refractivity contribution is 0.483. The van der Waals surface area contributed by atoms with Crippen molar-refractivity contribution in [1.82, 2.24) is 9.97 Å². The fourth-order valence-electron chi connectivity index (χ4n) is 1.85. The van der Waals surface area contributed by atoms with Gasteiger partial charge in [-0.25, -0.2) is 4.98 Å². The number of rotatable bonds is 5. The summed E-state index contributed by atoms with van der Waals surface area (Å²) in [7, 11) is 0. The highest BCUT2D eigenvalue weighted by Gasteiger charge is 1.98. The SMILES string of the molecule is c1ccc(Oc2ccc(NCc3ncc[nH]3)cc2)cc1. The summed E-state index contributed by atoms with van der Waals surface area (Å²) in [5, 5.41) is 3.29. The summed E-state index contributed by atoms with van der Waals surface area (Å²) in [6, 6.07) is 17.6. The molecule has 0 aliphatic carbocycles. The van der Waals surface area contributed by atoms with Gasteiger partial charge in [0, 0.05) is 18.1 Å². The molecule has 0 aliphatic heterocycles. The maximum atomic E-state index is 5.74. The first-order chi connectivity index (χ1) is 9.90. The summed E-state index contributed by atoms with van der Waals surface area (Å²) in [5.41, 5.74) is 1.03. The van der Waals surface area contributed by atoms with Crippen molar-refractivity contribution < 1.29 is 4.74 Å². The van der Waals surface area contributed by atoms with Crippen LogP contribution in [0.15, 0.2) is 67.0 Å². The highest BCUT2D eigenvalue weighted by molar-refractivity contribution is 5.47. The standard InChI is InChI=1S/C16H15N3O/c1-2-4-14(5-3-1)20-15-8-6-13(7-9-15)19-12-16-17-10-11-18-16/h1-11,19H,12H2,(H,17,18). The average Bonchev–Trinajstić information content (AvgIpc) is 3.01. The van der Waals surface area contributed by atoms with Gasteiger partial charge in [0.05, 0.1) is 6.54 Å². The quantitative estimate of drug-likeness (QED) is 0.737. The van der Waals surface area contributed by atoms with Crippen LogP contribution in [0, 0.1) is 0 Å². The third kappa shape index (κ3) is 3.17. The minimum absolute atomic E-state index is 0.673. The molecule has 0 unspecified atom stereocenters. The second kappa shape index (κ2) is 5.93. The molecular weight excluding hydrogens is 250 g/mol. The van der Waals surface area contributed by atoms with Gasteiger partial charge in [-0.3, -0.25) is 0 Å². The van der Waals surface area contributed by atoms with E-state index in [1.165, 1.54) is 0 Å². The molecule has 1 heterocycles. The lowest BCUT2D eigenvalue weighted by Gasteiger charge is -2.08. The monoisotopic (exact) mass is 265 g/mol. The Labute approximate surface area is 117 Å². The van der Waals surface area contributed by atoms with E-state index in [2.05, 4.69) is 15.3 Å². The molecule has 4 heteroatoms. The molecule has 20 heavy (non-hydrogen) atoms. The van der Waals surface area contributed by atoms with Gasteiger partial charge >= 0.3 is 0 Å². The van der Waals surface area contributed by atoms with E-state index in [1.54, 1.807) is 6.20 Å². The number of para-hydroxylation sites is 1. The Hall–Kier alpha value is -2.75. The summed E-state index contributed by atoms with van der Waals surface area (Å²) in [5.74, 6) is 2.57. The molecule has 0 bridgehead atoms. The van der Waals surface area contributed by atoms with Crippen molar-refractivity contribution >= 4 is 5.69 Å². The van der Waals surface area contributed by atoms with Crippen LogP contribution in [0.3, 0.4) is 0 Å². The van der Waals surface area contributed by atoms with Crippen LogP contribution in [0.25, 0.3) is 0 Å². The Bertz CT molecular complexity index is 633. The predicted molar refractivity (Wildman–Crippen MR) is 78.9 cm³/mol. The number of H-pyrrole nitrogens is 1. The molecule has 4 nitrogen and oxygen atoms in total. The highest BCUT2D eigenvalue weighted by atomic mass is 16.5. The molecule has 1 aromatic heterocycles. The maximum Gasteiger partial charge on any atom is 0.127 e. The first-order valence-corrected chi connectivity index (χ1v) is 6.45. The molecule has 3 rings (SSSR count). The van der Waals surface area contributed by atoms with E-state index in [0.29, 0.717) is 6.54 Å². The van der Waals surface area contributed by atoms with Gasteiger partial charge in [-0.1, -0.05) is 18.2 Å². The van der Waals surface area contributed by atoms with Gasteiger partial charge in [-0.2, -0.15) is 0 Å². The number of aromatic nitrogens is 2. The zero-order valence-electron chi connectivity index (χ0n) is 10.9. The van der Waals surface area contributed by atoms with Gasteiger partial charge in [0.1, 0.15) is 17.3 Å². The van der Waals surface area contributed by atoms with Crippen LogP contribution in [0.4, 0.5) is 5.69 Å². The van der Waals surface area contributed by atoms with Gasteiger partial charge in [-0.05, 0) is 36.4 Å². The molecule has 0 fully saturated rings. The molecule has 100 valence electrons. The number of imidazole rings is 1. The van der Waals surface area contributed by atoms with Gasteiger partial charge in [0.2, 0.25) is 0 Å². The third-order valence-corrected chi connectivity index (χ3v) is 2.85. The average molecular weight is 265 g/mol. The summed E-state index contributed by atoms with van der Waals surface area (Å²) in [6.07, 6.45) is 3.56. The largest absolute Gasteiger partial charge is 0.457 e. The van der Waals surface area contributed by atoms with Crippen LogP contribution in [-0.2, 0) is 6.54 Å². The van der Waals surface area contributed by atoms with Crippen molar-refractivity contribution in [1.29, 1.82) is 0 Å². The second-order valence-electron chi connectivity index (χ2n) is 4.33. The summed E-state index contributed by atoms with van der Waals surface area (Å²) < 4.78 is 5.74. The Morgan fingerprint density at radius 1 is 0.950 bits per heavy atom. The molecule has 0 spiro atoms. The minimum Gasteiger partial charge on any atom is -0.457 e. The van der Waals surface area contributed by atoms with Gasteiger partial charge in [-0.15, -0.1) is 0 Å². The molecule has 0 saturated heterocycles. The molecular formula is C16H15N3O. The number of nitrogens with one attached hydrogen (secondary N) is 2. The number of hydrogen-bond acceptors (Lipinski definition) is 3. The van der Waals surface area contributed by atoms with Crippen molar-refractivity contribution in [2.45, 2.75) is 6.54 Å². The van der Waals surface area contributed by atoms with Crippen LogP contribution in [0.5, 0.6) is 11.5 Å². The lowest BCUT2D eigenvalue weighted by Crippen LogP contribution is -2.00. The molecule has 0 aliphatic rings. The lowest BCUT2D eigenvalue weighted by atomic mass is 10.3. The smallest absolute Gasteiger partial charge is 0.127 e. The molecule has 0 saturated carbocycles. The molecule has 0 atom stereocenters. The molecule has 0 amide bonds. The van der Waals surface area contributed by atoms with Crippen molar-refractivity contribution in [3.8, 4) is 11.5 Å². The molecule has 2 N–H and O–H groups in total. The second-order valence-corrected chi connectivity index (χ2v) is 4.33. The Kier molecular flexibility index (Phi) is 3.64. The number of benzene rings is 2. The molecule has 0 radical (unpaired) electrons. The van der Waals surface area contributed by atoms with Crippen molar-refractivity contribution in [3.05, 3.63) is 72.8 Å². The van der Waals surface area contributed by atoms with Crippen LogP contribution in [0.2, 0.25) is 0 Å². The summed E-state index contributed by atoms with van der Waals surface area (Å²) in [6.45, 7) is 0.673. The van der Waals surface area contributed by atoms with E-state index in [4.69, 9.17) is 4.74 Å². The van der Waals surface area contributed by atoms with Crippen LogP contribution < -0.4 is 10.1 Å². The first kappa shape index (κ1) is 12.3. The van der Waals surface area contributed by atoms with Crippen LogP contribution in [-0.4, -0.2) is 9.97 Å². The van der Waals surface area contributed by atoms with Crippen LogP contribution in [0.1, 0.15) is 5.82 Å². The van der Waals surface area contributed by atoms with E-state index < -0.39 is 0 Å². The summed E-state index contributed by atoms with van der Waals surface area (Å²) in [4.78, 5) is 7.22. The van der Waals surface area contributed by atoms with Crippen molar-refractivity contribution in [3.63, 3.8) is 0 Å². The van der Waals surface area contributed by atoms with Crippen LogP contribution >= 0.6 is 0 Å². The third-order valence-electron chi connectivity index (χ3n) is 2.85. The Morgan fingerprint density at radius 2 is 1.70 bits per heavy atom. The fraction of sp³-hybridized carbons (Fsp3) is 0.0625. The number of ether oxygens (including phenoxy) is 1. The van der Waals surface area contributed by atoms with Crippen molar-refractivity contribution in [2.24, 2.45) is 0 Å². The van der Waals surface area contributed by atoms with Gasteiger partial charge in [0.25, 0.3) is 0 Å². The van der Waals surface area contributed by atoms with Gasteiger partial charge in [0.15, 0.2) is 0 Å². The van der Waals surface area contributed by atoms with E-state index >= 15 is 0 Å². The van der Waals surface area contributed by atoms with Gasteiger partial charge < -0.3 is 15.0 Å². The van der Waals surface area contributed by atoms with E-state index in [9.17, 15) is 0 Å². The molecule has 3 aromatic rings. The number of hydrogen-bond donors (Lipinski definition) is 2. The zero-order valence-corrected chi connectivity index (χ0v) is 10.9. The predicted octanol–water partition coefficient (Wildman–Crippen LogP) is 3.81. The maximum absolute atomic E-state index is 5.74. The zero-order chi connectivity index (χ0) is 13.6. The Balaban J connectivity index is 1.60. The van der Waals surface area contributed by atoms with E-state index in [-0.39, 0.29) is 0 Å². The number of anilines is 1. The Morgan fingerprint density at radius 3 is 2.40 bits per heavy atom. The first-order valence-electron chi connectivity index (χ1n) is 6.45. The normalized spacial score (nSPS) is 10.2. The van der Waals surface area contributed by atoms with Crippen molar-refractivity contribution in [2.75, 3.05) is 5.32 Å². The van der Waals surface area contributed by atoms with E-state index in [1.807, 2.05) is 60.8 Å². The van der Waals surface area contributed by atoms with E-state index in [0.717, 1.165) is 23.0 Å². The minimum atomic E-state index is 0.673. The molecule has 2 aromatic carbocycles. The number of aromatic amines is 1. The summed E-state index contributed by atoms with van der Waals surface area (Å²) >= 11 is 0. The number of nitrogens with zero attached hydrogens (tertiary/aromatic N) is 1. The topological polar surface area (TPSA) is 49.9 Å². The fourth-order valence-corrected chi connectivity index (χ4v) is 1.85. The highest BCUT2D eigenvalue weighted by Crippen LogP contribution is 2.22.